The van der Waals surface area contributed by atoms with Gasteiger partial charge in [0.25, 0.3) is 0 Å². The van der Waals surface area contributed by atoms with Gasteiger partial charge in [0.15, 0.2) is 0 Å². The van der Waals surface area contributed by atoms with Crippen LogP contribution >= 0.6 is 0 Å². The Morgan fingerprint density at radius 2 is 2.14 bits per heavy atom. The van der Waals surface area contributed by atoms with Gasteiger partial charge in [0.05, 0.1) is 6.10 Å². The van der Waals surface area contributed by atoms with Gasteiger partial charge in [-0.2, -0.15) is 0 Å². The van der Waals surface area contributed by atoms with Crippen LogP contribution in [0.2, 0.25) is 0 Å². The number of aliphatic hydroxyl groups excluding tert-OH is 1. The second-order valence-electron chi connectivity index (χ2n) is 5.94. The zero-order valence-corrected chi connectivity index (χ0v) is 12.6. The fraction of sp³-hybridized carbons (Fsp3) is 0.625. The monoisotopic (exact) mass is 317 g/mol. The molecule has 0 bridgehead atoms. The van der Waals surface area contributed by atoms with E-state index in [4.69, 9.17) is 0 Å². The minimum atomic E-state index is -4.67. The summed E-state index contributed by atoms with van der Waals surface area (Å²) in [4.78, 5) is 0. The van der Waals surface area contributed by atoms with E-state index in [0.29, 0.717) is 5.92 Å². The van der Waals surface area contributed by atoms with Crippen LogP contribution < -0.4 is 10.1 Å². The first-order valence-electron chi connectivity index (χ1n) is 7.60. The highest BCUT2D eigenvalue weighted by Gasteiger charge is 2.31. The van der Waals surface area contributed by atoms with Crippen LogP contribution in [0.3, 0.4) is 0 Å². The number of hydrogen-bond acceptors (Lipinski definition) is 3. The van der Waals surface area contributed by atoms with Crippen molar-refractivity contribution >= 4 is 0 Å². The highest BCUT2D eigenvalue weighted by Crippen LogP contribution is 2.27. The first kappa shape index (κ1) is 17.1. The number of aliphatic hydroxyl groups is 1. The standard InChI is InChI=1S/C16H22F3NO2/c1-11(20-10-12-4-2-6-14(21)8-12)13-5-3-7-15(9-13)22-16(17,18)19/h3,5,7,9,11-12,14,20-21H,2,4,6,8,10H2,1H3. The summed E-state index contributed by atoms with van der Waals surface area (Å²) in [6.07, 6.45) is -1.14. The number of hydrogen-bond donors (Lipinski definition) is 2. The molecule has 3 atom stereocenters. The fourth-order valence-corrected chi connectivity index (χ4v) is 2.89. The van der Waals surface area contributed by atoms with Gasteiger partial charge >= 0.3 is 6.36 Å². The van der Waals surface area contributed by atoms with E-state index in [1.807, 2.05) is 6.92 Å². The summed E-state index contributed by atoms with van der Waals surface area (Å²) in [5, 5.41) is 13.0. The Morgan fingerprint density at radius 3 is 2.82 bits per heavy atom. The lowest BCUT2D eigenvalue weighted by Gasteiger charge is -2.27. The smallest absolute Gasteiger partial charge is 0.406 e. The van der Waals surface area contributed by atoms with Crippen LogP contribution in [0.25, 0.3) is 0 Å². The Morgan fingerprint density at radius 1 is 1.36 bits per heavy atom. The lowest BCUT2D eigenvalue weighted by molar-refractivity contribution is -0.274. The van der Waals surface area contributed by atoms with Crippen molar-refractivity contribution in [3.63, 3.8) is 0 Å². The second kappa shape index (κ2) is 7.33. The van der Waals surface area contributed by atoms with Crippen molar-refractivity contribution in [3.05, 3.63) is 29.8 Å². The summed E-state index contributed by atoms with van der Waals surface area (Å²) in [5.74, 6) is 0.215. The van der Waals surface area contributed by atoms with Gasteiger partial charge in [0, 0.05) is 6.04 Å². The molecule has 1 fully saturated rings. The Bertz CT molecular complexity index is 479. The zero-order valence-electron chi connectivity index (χ0n) is 12.6. The van der Waals surface area contributed by atoms with Crippen LogP contribution in [-0.4, -0.2) is 24.1 Å². The lowest BCUT2D eigenvalue weighted by atomic mass is 9.87. The summed E-state index contributed by atoms with van der Waals surface area (Å²) in [6, 6.07) is 5.95. The molecule has 0 amide bonds. The van der Waals surface area contributed by atoms with E-state index in [0.717, 1.165) is 37.8 Å². The number of halogens is 3. The largest absolute Gasteiger partial charge is 0.573 e. The quantitative estimate of drug-likeness (QED) is 0.868. The van der Waals surface area contributed by atoms with Gasteiger partial charge in [-0.1, -0.05) is 18.6 Å². The molecule has 1 aromatic rings. The SMILES string of the molecule is CC(NCC1CCCC(O)C1)c1cccc(OC(F)(F)F)c1. The van der Waals surface area contributed by atoms with E-state index in [1.54, 1.807) is 12.1 Å². The van der Waals surface area contributed by atoms with E-state index in [-0.39, 0.29) is 17.9 Å². The number of nitrogens with one attached hydrogen (secondary N) is 1. The number of ether oxygens (including phenoxy) is 1. The predicted molar refractivity (Wildman–Crippen MR) is 77.5 cm³/mol. The van der Waals surface area contributed by atoms with Crippen molar-refractivity contribution in [2.75, 3.05) is 6.54 Å². The molecule has 0 heterocycles. The normalized spacial score (nSPS) is 24.0. The van der Waals surface area contributed by atoms with Gasteiger partial charge in [-0.3, -0.25) is 0 Å². The van der Waals surface area contributed by atoms with E-state index in [1.165, 1.54) is 12.1 Å². The zero-order chi connectivity index (χ0) is 16.2. The molecule has 0 radical (unpaired) electrons. The third-order valence-electron chi connectivity index (χ3n) is 4.06. The molecule has 2 N–H and O–H groups in total. The predicted octanol–water partition coefficient (Wildman–Crippen LogP) is 3.79. The van der Waals surface area contributed by atoms with Crippen LogP contribution in [0, 0.1) is 5.92 Å². The molecule has 2 rings (SSSR count). The summed E-state index contributed by atoms with van der Waals surface area (Å²) < 4.78 is 40.7. The molecule has 0 saturated heterocycles. The average molecular weight is 317 g/mol. The van der Waals surface area contributed by atoms with Crippen molar-refractivity contribution in [2.45, 2.75) is 51.1 Å². The Hall–Kier alpha value is -1.27. The fourth-order valence-electron chi connectivity index (χ4n) is 2.89. The van der Waals surface area contributed by atoms with Gasteiger partial charge in [-0.25, -0.2) is 0 Å². The molecular weight excluding hydrogens is 295 g/mol. The minimum absolute atomic E-state index is 0.0733. The first-order chi connectivity index (χ1) is 10.3. The molecule has 22 heavy (non-hydrogen) atoms. The topological polar surface area (TPSA) is 41.5 Å². The molecule has 6 heteroatoms. The highest BCUT2D eigenvalue weighted by atomic mass is 19.4. The molecule has 0 aromatic heterocycles. The number of benzene rings is 1. The van der Waals surface area contributed by atoms with Crippen LogP contribution in [0.5, 0.6) is 5.75 Å². The van der Waals surface area contributed by atoms with Crippen molar-refractivity contribution in [1.82, 2.24) is 5.32 Å². The van der Waals surface area contributed by atoms with Crippen LogP contribution in [0.1, 0.15) is 44.2 Å². The van der Waals surface area contributed by atoms with Gasteiger partial charge in [-0.05, 0) is 56.3 Å². The summed E-state index contributed by atoms with van der Waals surface area (Å²) in [6.45, 7) is 2.66. The maximum Gasteiger partial charge on any atom is 0.573 e. The van der Waals surface area contributed by atoms with Crippen molar-refractivity contribution in [3.8, 4) is 5.75 Å². The third kappa shape index (κ3) is 5.50. The lowest BCUT2D eigenvalue weighted by Crippen LogP contribution is -2.30. The van der Waals surface area contributed by atoms with Gasteiger partial charge in [0.1, 0.15) is 5.75 Å². The van der Waals surface area contributed by atoms with Crippen molar-refractivity contribution in [2.24, 2.45) is 5.92 Å². The van der Waals surface area contributed by atoms with Crippen LogP contribution in [0.15, 0.2) is 24.3 Å². The molecule has 1 aliphatic rings. The summed E-state index contributed by atoms with van der Waals surface area (Å²) in [7, 11) is 0. The van der Waals surface area contributed by atoms with Gasteiger partial charge < -0.3 is 15.2 Å². The molecule has 3 nitrogen and oxygen atoms in total. The van der Waals surface area contributed by atoms with Gasteiger partial charge in [0.2, 0.25) is 0 Å². The van der Waals surface area contributed by atoms with Crippen LogP contribution in [0.4, 0.5) is 13.2 Å². The molecule has 1 saturated carbocycles. The second-order valence-corrected chi connectivity index (χ2v) is 5.94. The van der Waals surface area contributed by atoms with Gasteiger partial charge in [-0.15, -0.1) is 13.2 Å². The highest BCUT2D eigenvalue weighted by molar-refractivity contribution is 5.30. The minimum Gasteiger partial charge on any atom is -0.406 e. The van der Waals surface area contributed by atoms with E-state index in [2.05, 4.69) is 10.1 Å². The van der Waals surface area contributed by atoms with Crippen molar-refractivity contribution in [1.29, 1.82) is 0 Å². The van der Waals surface area contributed by atoms with E-state index < -0.39 is 6.36 Å². The maximum absolute atomic E-state index is 12.2. The van der Waals surface area contributed by atoms with Crippen LogP contribution in [-0.2, 0) is 0 Å². The Balaban J connectivity index is 1.89. The maximum atomic E-state index is 12.2. The Kier molecular flexibility index (Phi) is 5.69. The molecule has 3 unspecified atom stereocenters. The number of rotatable bonds is 5. The molecule has 0 spiro atoms. The number of alkyl halides is 3. The van der Waals surface area contributed by atoms with Crippen molar-refractivity contribution < 1.29 is 23.0 Å². The first-order valence-corrected chi connectivity index (χ1v) is 7.60. The van der Waals surface area contributed by atoms with E-state index >= 15 is 0 Å². The Labute approximate surface area is 128 Å². The third-order valence-corrected chi connectivity index (χ3v) is 4.06. The molecule has 1 aromatic carbocycles. The molecule has 0 aliphatic heterocycles. The average Bonchev–Trinajstić information content (AvgIpc) is 2.43. The molecule has 124 valence electrons. The van der Waals surface area contributed by atoms with E-state index in [9.17, 15) is 18.3 Å². The summed E-state index contributed by atoms with van der Waals surface area (Å²) >= 11 is 0. The molecular formula is C16H22F3NO2. The summed E-state index contributed by atoms with van der Waals surface area (Å²) in [5.41, 5.74) is 0.748. The molecule has 1 aliphatic carbocycles.